The zero-order valence-electron chi connectivity index (χ0n) is 12.5. The Morgan fingerprint density at radius 1 is 1.14 bits per heavy atom. The van der Waals surface area contributed by atoms with Gasteiger partial charge in [-0.15, -0.1) is 0 Å². The Labute approximate surface area is 127 Å². The molecule has 0 aromatic heterocycles. The number of hydrogen-bond acceptors (Lipinski definition) is 4. The predicted molar refractivity (Wildman–Crippen MR) is 84.0 cm³/mol. The van der Waals surface area contributed by atoms with E-state index >= 15 is 0 Å². The van der Waals surface area contributed by atoms with E-state index in [2.05, 4.69) is 10.2 Å². The summed E-state index contributed by atoms with van der Waals surface area (Å²) in [6.07, 6.45) is 3.21. The topological polar surface area (TPSA) is 52.7 Å². The second-order valence-electron chi connectivity index (χ2n) is 5.79. The molecule has 1 aromatic rings. The lowest BCUT2D eigenvalue weighted by Crippen LogP contribution is -2.39. The van der Waals surface area contributed by atoms with E-state index in [0.717, 1.165) is 25.9 Å². The van der Waals surface area contributed by atoms with Crippen LogP contribution in [-0.4, -0.2) is 56.9 Å². The van der Waals surface area contributed by atoms with E-state index in [0.29, 0.717) is 29.7 Å². The zero-order valence-corrected chi connectivity index (χ0v) is 13.3. The van der Waals surface area contributed by atoms with E-state index in [1.807, 2.05) is 12.1 Å². The maximum atomic E-state index is 13.0. The molecule has 1 aromatic carbocycles. The van der Waals surface area contributed by atoms with Gasteiger partial charge in [-0.25, -0.2) is 8.42 Å². The van der Waals surface area contributed by atoms with E-state index in [-0.39, 0.29) is 0 Å². The molecule has 2 aliphatic rings. The van der Waals surface area contributed by atoms with Gasteiger partial charge >= 0.3 is 0 Å². The van der Waals surface area contributed by atoms with Crippen molar-refractivity contribution in [2.24, 2.45) is 0 Å². The number of fused-ring (bicyclic) bond motifs is 1. The molecule has 2 saturated heterocycles. The highest BCUT2D eigenvalue weighted by atomic mass is 32.2. The zero-order chi connectivity index (χ0) is 14.9. The Kier molecular flexibility index (Phi) is 4.19. The van der Waals surface area contributed by atoms with Crippen molar-refractivity contribution >= 4 is 15.7 Å². The molecular formula is C15H23N3O2S. The molecule has 6 heteroatoms. The van der Waals surface area contributed by atoms with Crippen molar-refractivity contribution in [1.82, 2.24) is 9.21 Å². The van der Waals surface area contributed by atoms with E-state index in [4.69, 9.17) is 0 Å². The standard InChI is InChI=1S/C15H23N3O2S/c1-16-14-7-2-3-8-15(14)21(19,20)18-11-5-10-17-9-4-6-13(17)12-18/h2-3,7-8,13,16H,4-6,9-12H2,1H3. The predicted octanol–water partition coefficient (Wildman–Crippen LogP) is 1.59. The molecule has 0 amide bonds. The highest BCUT2D eigenvalue weighted by molar-refractivity contribution is 7.89. The fourth-order valence-electron chi connectivity index (χ4n) is 3.43. The van der Waals surface area contributed by atoms with Crippen molar-refractivity contribution < 1.29 is 8.42 Å². The van der Waals surface area contributed by atoms with Crippen LogP contribution >= 0.6 is 0 Å². The lowest BCUT2D eigenvalue weighted by atomic mass is 10.2. The molecule has 2 heterocycles. The summed E-state index contributed by atoms with van der Waals surface area (Å²) in [7, 11) is -1.66. The van der Waals surface area contributed by atoms with Crippen LogP contribution in [0.3, 0.4) is 0 Å². The highest BCUT2D eigenvalue weighted by Gasteiger charge is 2.34. The fraction of sp³-hybridized carbons (Fsp3) is 0.600. The van der Waals surface area contributed by atoms with E-state index in [9.17, 15) is 8.42 Å². The van der Waals surface area contributed by atoms with Gasteiger partial charge in [-0.2, -0.15) is 4.31 Å². The molecule has 1 atom stereocenters. The number of hydrogen-bond donors (Lipinski definition) is 1. The normalized spacial score (nSPS) is 24.5. The SMILES string of the molecule is CNc1ccccc1S(=O)(=O)N1CCCN2CCCC2C1. The van der Waals surface area contributed by atoms with E-state index < -0.39 is 10.0 Å². The molecule has 2 fully saturated rings. The third-order valence-corrected chi connectivity index (χ3v) is 6.46. The average molecular weight is 309 g/mol. The van der Waals surface area contributed by atoms with Crippen LogP contribution in [0.2, 0.25) is 0 Å². The molecule has 116 valence electrons. The van der Waals surface area contributed by atoms with Gasteiger partial charge in [-0.3, -0.25) is 4.90 Å². The average Bonchev–Trinajstić information content (AvgIpc) is 2.83. The highest BCUT2D eigenvalue weighted by Crippen LogP contribution is 2.28. The molecule has 2 aliphatic heterocycles. The minimum absolute atomic E-state index is 0.388. The molecule has 21 heavy (non-hydrogen) atoms. The van der Waals surface area contributed by atoms with Gasteiger partial charge in [-0.05, 0) is 44.5 Å². The number of para-hydroxylation sites is 1. The van der Waals surface area contributed by atoms with Crippen LogP contribution in [-0.2, 0) is 10.0 Å². The first kappa shape index (κ1) is 14.8. The number of nitrogens with one attached hydrogen (secondary N) is 1. The summed E-state index contributed by atoms with van der Waals surface area (Å²) in [5, 5.41) is 2.99. The number of sulfonamides is 1. The lowest BCUT2D eigenvalue weighted by molar-refractivity contribution is 0.257. The number of anilines is 1. The van der Waals surface area contributed by atoms with Crippen molar-refractivity contribution in [3.63, 3.8) is 0 Å². The molecule has 0 aliphatic carbocycles. The summed E-state index contributed by atoms with van der Waals surface area (Å²) in [4.78, 5) is 2.83. The van der Waals surface area contributed by atoms with Crippen LogP contribution < -0.4 is 5.32 Å². The minimum Gasteiger partial charge on any atom is -0.387 e. The van der Waals surface area contributed by atoms with Gasteiger partial charge in [-0.1, -0.05) is 12.1 Å². The molecule has 0 radical (unpaired) electrons. The second kappa shape index (κ2) is 5.94. The largest absolute Gasteiger partial charge is 0.387 e. The quantitative estimate of drug-likeness (QED) is 0.921. The molecule has 0 spiro atoms. The summed E-state index contributed by atoms with van der Waals surface area (Å²) in [5.41, 5.74) is 0.671. The minimum atomic E-state index is -3.42. The monoisotopic (exact) mass is 309 g/mol. The van der Waals surface area contributed by atoms with Gasteiger partial charge in [0.1, 0.15) is 4.90 Å². The van der Waals surface area contributed by atoms with Gasteiger partial charge in [0.15, 0.2) is 0 Å². The van der Waals surface area contributed by atoms with Crippen molar-refractivity contribution in [3.8, 4) is 0 Å². The smallest absolute Gasteiger partial charge is 0.245 e. The molecular weight excluding hydrogens is 286 g/mol. The maximum Gasteiger partial charge on any atom is 0.245 e. The molecule has 0 bridgehead atoms. The van der Waals surface area contributed by atoms with Crippen molar-refractivity contribution in [2.75, 3.05) is 38.5 Å². The van der Waals surface area contributed by atoms with Crippen LogP contribution in [0.25, 0.3) is 0 Å². The van der Waals surface area contributed by atoms with E-state index in [1.54, 1.807) is 23.5 Å². The van der Waals surface area contributed by atoms with E-state index in [1.165, 1.54) is 6.42 Å². The Hall–Kier alpha value is -1.11. The first-order chi connectivity index (χ1) is 10.1. The fourth-order valence-corrected chi connectivity index (χ4v) is 5.14. The molecule has 5 nitrogen and oxygen atoms in total. The number of benzene rings is 1. The summed E-state index contributed by atoms with van der Waals surface area (Å²) < 4.78 is 27.6. The summed E-state index contributed by atoms with van der Waals surface area (Å²) in [5.74, 6) is 0. The van der Waals surface area contributed by atoms with Crippen molar-refractivity contribution in [3.05, 3.63) is 24.3 Å². The van der Waals surface area contributed by atoms with Gasteiger partial charge in [0, 0.05) is 26.2 Å². The lowest BCUT2D eigenvalue weighted by Gasteiger charge is -2.25. The summed E-state index contributed by atoms with van der Waals surface area (Å²) >= 11 is 0. The summed E-state index contributed by atoms with van der Waals surface area (Å²) in [6, 6.07) is 7.54. The molecule has 1 N–H and O–H groups in total. The Morgan fingerprint density at radius 2 is 1.90 bits per heavy atom. The third-order valence-electron chi connectivity index (χ3n) is 4.54. The van der Waals surface area contributed by atoms with Crippen molar-refractivity contribution in [2.45, 2.75) is 30.2 Å². The van der Waals surface area contributed by atoms with Gasteiger partial charge in [0.05, 0.1) is 5.69 Å². The first-order valence-corrected chi connectivity index (χ1v) is 9.08. The summed E-state index contributed by atoms with van der Waals surface area (Å²) in [6.45, 7) is 3.38. The Bertz CT molecular complexity index is 603. The van der Waals surface area contributed by atoms with Gasteiger partial charge in [0.2, 0.25) is 10.0 Å². The number of nitrogens with zero attached hydrogens (tertiary/aromatic N) is 2. The maximum absolute atomic E-state index is 13.0. The van der Waals surface area contributed by atoms with Gasteiger partial charge < -0.3 is 5.32 Å². The number of rotatable bonds is 3. The second-order valence-corrected chi connectivity index (χ2v) is 7.70. The Morgan fingerprint density at radius 3 is 2.71 bits per heavy atom. The van der Waals surface area contributed by atoms with Crippen LogP contribution in [0, 0.1) is 0 Å². The van der Waals surface area contributed by atoms with Crippen LogP contribution in [0.5, 0.6) is 0 Å². The molecule has 1 unspecified atom stereocenters. The van der Waals surface area contributed by atoms with Crippen LogP contribution in [0.1, 0.15) is 19.3 Å². The van der Waals surface area contributed by atoms with Crippen LogP contribution in [0.4, 0.5) is 5.69 Å². The first-order valence-electron chi connectivity index (χ1n) is 7.64. The van der Waals surface area contributed by atoms with Crippen LogP contribution in [0.15, 0.2) is 29.2 Å². The van der Waals surface area contributed by atoms with Gasteiger partial charge in [0.25, 0.3) is 0 Å². The molecule has 3 rings (SSSR count). The third kappa shape index (κ3) is 2.80. The van der Waals surface area contributed by atoms with Crippen molar-refractivity contribution in [1.29, 1.82) is 0 Å². The Balaban J connectivity index is 1.90. The molecule has 0 saturated carbocycles.